The number of ether oxygens (including phenoxy) is 9. The molecule has 0 aromatic heterocycles. The van der Waals surface area contributed by atoms with Crippen LogP contribution in [-0.2, 0) is 52.2 Å². The minimum absolute atomic E-state index is 0.0250. The number of aliphatic carboxylic acids is 1. The smallest absolute Gasteiger partial charge is 0.310 e. The Kier molecular flexibility index (Phi) is 16.5. The van der Waals surface area contributed by atoms with Crippen molar-refractivity contribution in [1.82, 2.24) is 0 Å². The average Bonchev–Trinajstić information content (AvgIpc) is 3.55. The monoisotopic (exact) mass is 1090 g/mol. The molecule has 76 heavy (non-hydrogen) atoms. The van der Waals surface area contributed by atoms with Crippen molar-refractivity contribution in [2.24, 2.45) is 50.2 Å². The van der Waals surface area contributed by atoms with Gasteiger partial charge in [-0.3, -0.25) is 9.59 Å². The third-order valence-corrected chi connectivity index (χ3v) is 21.1. The van der Waals surface area contributed by atoms with Gasteiger partial charge in [-0.25, -0.2) is 0 Å². The van der Waals surface area contributed by atoms with Crippen molar-refractivity contribution in [2.75, 3.05) is 26.4 Å². The first-order valence-electron chi connectivity index (χ1n) is 27.5. The van der Waals surface area contributed by atoms with Crippen LogP contribution in [0.25, 0.3) is 0 Å². The highest BCUT2D eigenvalue weighted by molar-refractivity contribution is 5.76. The van der Waals surface area contributed by atoms with Crippen molar-refractivity contribution in [3.8, 4) is 0 Å². The number of aliphatic hydroxyl groups is 10. The summed E-state index contributed by atoms with van der Waals surface area (Å²) in [4.78, 5) is 24.9. The van der Waals surface area contributed by atoms with Crippen LogP contribution in [0.2, 0.25) is 0 Å². The number of fused-ring (bicyclic) bond motifs is 7. The fourth-order valence-electron chi connectivity index (χ4n) is 16.4. The molecule has 8 fully saturated rings. The van der Waals surface area contributed by atoms with Gasteiger partial charge in [-0.1, -0.05) is 53.2 Å². The van der Waals surface area contributed by atoms with E-state index >= 15 is 0 Å². The fourth-order valence-corrected chi connectivity index (χ4v) is 16.4. The van der Waals surface area contributed by atoms with Crippen LogP contribution in [0.3, 0.4) is 0 Å². The van der Waals surface area contributed by atoms with Gasteiger partial charge in [-0.15, -0.1) is 0 Å². The summed E-state index contributed by atoms with van der Waals surface area (Å²) in [6, 6.07) is 0. The van der Waals surface area contributed by atoms with Gasteiger partial charge < -0.3 is 98.8 Å². The standard InChI is InChI=1S/C54H86O22/c1-24-40(74-44-39(65)41(71-25(2)57)29(59)22-68-44)37(63)38(64)45(70-24)75-42-34(60)28(58)21-69-46(42)76-43-36(62)35(61)30(20-55)72-47(43)73-33-12-13-50(5)31(51(33,6)23-56)11-14-53(8)32(50)10-9-26-27-19-49(3,4)15-17-54(27,48(66)67)18-16-52(26,53)7/h9,24,27-47,55-56,58-65H,10-23H2,1-8H3,(H,66,67)/t24-,27-,28+,29+,30+,31?,32?,33-,34-,35+,36-,37-,38+,39+,40-,41-,42+,43+,44-,45-,46-,47-,50-,51-,52+,53+,54-/m0/s1. The first-order chi connectivity index (χ1) is 35.6. The van der Waals surface area contributed by atoms with Gasteiger partial charge in [0.2, 0.25) is 0 Å². The Morgan fingerprint density at radius 1 is 0.645 bits per heavy atom. The zero-order valence-electron chi connectivity index (χ0n) is 45.1. The molecule has 9 aliphatic rings. The van der Waals surface area contributed by atoms with Crippen LogP contribution in [0, 0.1) is 50.2 Å². The summed E-state index contributed by atoms with van der Waals surface area (Å²) in [6.07, 6.45) is -19.9. The van der Waals surface area contributed by atoms with E-state index < -0.39 is 159 Å². The van der Waals surface area contributed by atoms with E-state index in [0.29, 0.717) is 25.7 Å². The van der Waals surface area contributed by atoms with Gasteiger partial charge in [0.05, 0.1) is 44.1 Å². The Bertz CT molecular complexity index is 2130. The highest BCUT2D eigenvalue weighted by Crippen LogP contribution is 2.76. The third-order valence-electron chi connectivity index (χ3n) is 21.1. The summed E-state index contributed by atoms with van der Waals surface area (Å²) in [5, 5.41) is 122. The van der Waals surface area contributed by atoms with Crippen molar-refractivity contribution in [3.05, 3.63) is 11.6 Å². The van der Waals surface area contributed by atoms with E-state index in [4.69, 9.17) is 42.6 Å². The number of hydrogen-bond acceptors (Lipinski definition) is 21. The molecule has 0 radical (unpaired) electrons. The molecule has 5 aliphatic carbocycles. The summed E-state index contributed by atoms with van der Waals surface area (Å²) in [6.45, 7) is 14.3. The first kappa shape index (κ1) is 58.6. The largest absolute Gasteiger partial charge is 0.481 e. The van der Waals surface area contributed by atoms with E-state index in [1.807, 2.05) is 6.92 Å². The maximum atomic E-state index is 13.2. The van der Waals surface area contributed by atoms with E-state index in [-0.39, 0.29) is 46.0 Å². The molecular formula is C54H86O22. The number of carbonyl (C=O) groups excluding carboxylic acids is 1. The summed E-state index contributed by atoms with van der Waals surface area (Å²) in [5.41, 5.74) is -1.02. The molecule has 0 aromatic rings. The van der Waals surface area contributed by atoms with E-state index in [2.05, 4.69) is 40.7 Å². The molecule has 4 saturated carbocycles. The second-order valence-electron chi connectivity index (χ2n) is 25.8. The van der Waals surface area contributed by atoms with Crippen molar-refractivity contribution in [1.29, 1.82) is 0 Å². The molecule has 9 rings (SSSR count). The van der Waals surface area contributed by atoms with Crippen LogP contribution in [-0.4, -0.2) is 211 Å². The number of allylic oxidation sites excluding steroid dienone is 2. The lowest BCUT2D eigenvalue weighted by Crippen LogP contribution is -2.67. The SMILES string of the molecule is CC(=O)O[C@@H]1[C@@H](O)[C@H](O[C@@H]2[C@@H](O)[C@@H](O)[C@H](O[C@H]3[C@H](O[C@H]4[C@H](O[C@H]5CC[C@@]6(C)C(CC[C@]7(C)C6CC=C6[C@@H]8CC(C)(C)CC[C@]8(C(=O)O)CC[C@]67C)[C@]5(C)CO)O[C@H](CO)[C@@H](O)[C@@H]4O)OC[C@@H](O)[C@@H]3O)O[C@H]2C)OC[C@H]1O. The lowest BCUT2D eigenvalue weighted by Gasteiger charge is -2.71. The molecule has 0 aromatic carbocycles. The van der Waals surface area contributed by atoms with E-state index in [1.165, 1.54) is 12.5 Å². The van der Waals surface area contributed by atoms with Gasteiger partial charge in [0.15, 0.2) is 31.3 Å². The molecule has 22 heteroatoms. The predicted molar refractivity (Wildman–Crippen MR) is 261 cm³/mol. The van der Waals surface area contributed by atoms with Crippen LogP contribution in [0.4, 0.5) is 0 Å². The van der Waals surface area contributed by atoms with Crippen LogP contribution in [0.5, 0.6) is 0 Å². The van der Waals surface area contributed by atoms with Crippen molar-refractivity contribution in [2.45, 2.75) is 236 Å². The molecule has 0 amide bonds. The second kappa shape index (κ2) is 21.4. The predicted octanol–water partition coefficient (Wildman–Crippen LogP) is 0.379. The quantitative estimate of drug-likeness (QED) is 0.0715. The molecule has 22 nitrogen and oxygen atoms in total. The van der Waals surface area contributed by atoms with Gasteiger partial charge >= 0.3 is 11.9 Å². The molecule has 27 atom stereocenters. The highest BCUT2D eigenvalue weighted by Gasteiger charge is 2.70. The van der Waals surface area contributed by atoms with Gasteiger partial charge in [-0.05, 0) is 111 Å². The van der Waals surface area contributed by atoms with Crippen molar-refractivity contribution in [3.63, 3.8) is 0 Å². The Hall–Kier alpha value is -2.04. The number of hydrogen-bond donors (Lipinski definition) is 11. The summed E-state index contributed by atoms with van der Waals surface area (Å²) in [7, 11) is 0. The van der Waals surface area contributed by atoms with E-state index in [0.717, 1.165) is 45.4 Å². The molecule has 0 bridgehead atoms. The molecule has 4 heterocycles. The van der Waals surface area contributed by atoms with Crippen LogP contribution >= 0.6 is 0 Å². The molecule has 11 N–H and O–H groups in total. The third kappa shape index (κ3) is 9.63. The Balaban J connectivity index is 0.926. The maximum absolute atomic E-state index is 13.2. The topological polar surface area (TPSA) is 340 Å². The van der Waals surface area contributed by atoms with Crippen molar-refractivity contribution >= 4 is 11.9 Å². The fraction of sp³-hybridized carbons (Fsp3) is 0.926. The number of esters is 1. The van der Waals surface area contributed by atoms with Crippen LogP contribution in [0.1, 0.15) is 120 Å². The number of carbonyl (C=O) groups is 2. The summed E-state index contributed by atoms with van der Waals surface area (Å²) < 4.78 is 53.6. The van der Waals surface area contributed by atoms with E-state index in [9.17, 15) is 65.8 Å². The lowest BCUT2D eigenvalue weighted by molar-refractivity contribution is -0.394. The lowest BCUT2D eigenvalue weighted by atomic mass is 9.33. The molecule has 4 saturated heterocycles. The van der Waals surface area contributed by atoms with Gasteiger partial charge in [-0.2, -0.15) is 0 Å². The number of carboxylic acid groups (broad SMARTS) is 1. The highest BCUT2D eigenvalue weighted by atomic mass is 16.8. The normalized spacial score (nSPS) is 53.2. The maximum Gasteiger partial charge on any atom is 0.310 e. The van der Waals surface area contributed by atoms with Gasteiger partial charge in [0, 0.05) is 12.3 Å². The summed E-state index contributed by atoms with van der Waals surface area (Å²) >= 11 is 0. The number of carboxylic acids is 1. The minimum atomic E-state index is -1.93. The minimum Gasteiger partial charge on any atom is -0.481 e. The zero-order valence-corrected chi connectivity index (χ0v) is 45.1. The van der Waals surface area contributed by atoms with Crippen molar-refractivity contribution < 1.29 is 108 Å². The zero-order chi connectivity index (χ0) is 55.4. The van der Waals surface area contributed by atoms with Crippen LogP contribution < -0.4 is 0 Å². The van der Waals surface area contributed by atoms with Crippen LogP contribution in [0.15, 0.2) is 11.6 Å². The molecule has 4 aliphatic heterocycles. The number of rotatable bonds is 12. The average molecular weight is 1090 g/mol. The second-order valence-corrected chi connectivity index (χ2v) is 25.8. The Labute approximate surface area is 443 Å². The Morgan fingerprint density at radius 3 is 1.95 bits per heavy atom. The molecular weight excluding hydrogens is 1000 g/mol. The van der Waals surface area contributed by atoms with E-state index in [1.54, 1.807) is 0 Å². The molecule has 2 unspecified atom stereocenters. The Morgan fingerprint density at radius 2 is 1.28 bits per heavy atom. The number of aliphatic hydroxyl groups excluding tert-OH is 10. The molecule has 0 spiro atoms. The molecule has 434 valence electrons. The van der Waals surface area contributed by atoms with Gasteiger partial charge in [0.1, 0.15) is 73.2 Å². The summed E-state index contributed by atoms with van der Waals surface area (Å²) in [5.74, 6) is -1.39. The van der Waals surface area contributed by atoms with Gasteiger partial charge in [0.25, 0.3) is 0 Å². The first-order valence-corrected chi connectivity index (χ1v) is 27.5.